The molecule has 39 heavy (non-hydrogen) atoms. The van der Waals surface area contributed by atoms with Crippen molar-refractivity contribution in [1.29, 1.82) is 0 Å². The Labute approximate surface area is 237 Å². The summed E-state index contributed by atoms with van der Waals surface area (Å²) in [7, 11) is -3.73. The normalized spacial score (nSPS) is 18.0. The van der Waals surface area contributed by atoms with Gasteiger partial charge in [-0.2, -0.15) is 4.31 Å². The summed E-state index contributed by atoms with van der Waals surface area (Å²) < 4.78 is 29.1. The largest absolute Gasteiger partial charge is 0.339 e. The summed E-state index contributed by atoms with van der Waals surface area (Å²) in [6.07, 6.45) is 3.89. The van der Waals surface area contributed by atoms with E-state index in [1.807, 2.05) is 47.6 Å². The molecular weight excluding hydrogens is 526 g/mol. The maximum atomic E-state index is 13.8. The molecule has 0 aliphatic carbocycles. The average molecular weight is 564 g/mol. The van der Waals surface area contributed by atoms with Crippen molar-refractivity contribution in [3.63, 3.8) is 0 Å². The van der Waals surface area contributed by atoms with E-state index in [1.165, 1.54) is 22.9 Å². The first kappa shape index (κ1) is 27.9. The van der Waals surface area contributed by atoms with Gasteiger partial charge < -0.3 is 4.90 Å². The predicted molar refractivity (Wildman–Crippen MR) is 158 cm³/mol. The maximum Gasteiger partial charge on any atom is 0.255 e. The number of thioether (sulfide) groups is 1. The molecule has 5 rings (SSSR count). The highest BCUT2D eigenvalue weighted by molar-refractivity contribution is 7.98. The van der Waals surface area contributed by atoms with Gasteiger partial charge in [0, 0.05) is 44.2 Å². The number of piperazine rings is 1. The lowest BCUT2D eigenvalue weighted by molar-refractivity contribution is 0.0693. The van der Waals surface area contributed by atoms with Crippen LogP contribution in [0.4, 0.5) is 0 Å². The molecule has 0 spiro atoms. The summed E-state index contributed by atoms with van der Waals surface area (Å²) in [6.45, 7) is 5.69. The van der Waals surface area contributed by atoms with Crippen molar-refractivity contribution in [2.75, 3.05) is 45.5 Å². The molecule has 2 saturated heterocycles. The van der Waals surface area contributed by atoms with E-state index in [9.17, 15) is 13.2 Å². The first-order chi connectivity index (χ1) is 18.9. The average Bonchev–Trinajstić information content (AvgIpc) is 2.98. The predicted octanol–water partition coefficient (Wildman–Crippen LogP) is 5.38. The first-order valence-corrected chi connectivity index (χ1v) is 16.4. The smallest absolute Gasteiger partial charge is 0.255 e. The maximum absolute atomic E-state index is 13.8. The number of carbonyl (C=O) groups is 1. The number of likely N-dealkylation sites (tertiary alicyclic amines) is 1. The van der Waals surface area contributed by atoms with E-state index >= 15 is 0 Å². The summed E-state index contributed by atoms with van der Waals surface area (Å²) in [5.41, 5.74) is 2.89. The van der Waals surface area contributed by atoms with Crippen molar-refractivity contribution in [1.82, 2.24) is 14.1 Å². The SMILES string of the molecule is CSc1ccc(S(=O)(=O)N2CCN(C(c3ccccc3)c3ccccc3)CC2)cc1C(=O)N1CCC(C)CC1. The molecular formula is C31H37N3O3S2. The Kier molecular flexibility index (Phi) is 8.76. The summed E-state index contributed by atoms with van der Waals surface area (Å²) in [4.78, 5) is 18.7. The lowest BCUT2D eigenvalue weighted by Crippen LogP contribution is -2.49. The zero-order chi connectivity index (χ0) is 27.4. The molecule has 0 aromatic heterocycles. The summed E-state index contributed by atoms with van der Waals surface area (Å²) >= 11 is 1.48. The third-order valence-electron chi connectivity index (χ3n) is 7.98. The Morgan fingerprint density at radius 2 is 1.38 bits per heavy atom. The quantitative estimate of drug-likeness (QED) is 0.362. The number of piperidine rings is 1. The van der Waals surface area contributed by atoms with Gasteiger partial charge in [0.1, 0.15) is 0 Å². The van der Waals surface area contributed by atoms with E-state index in [0.29, 0.717) is 37.7 Å². The van der Waals surface area contributed by atoms with E-state index in [0.717, 1.165) is 30.8 Å². The third kappa shape index (κ3) is 6.09. The zero-order valence-corrected chi connectivity index (χ0v) is 24.3. The van der Waals surface area contributed by atoms with Gasteiger partial charge >= 0.3 is 0 Å². The number of hydrogen-bond donors (Lipinski definition) is 0. The standard InChI is InChI=1S/C31H37N3O3S2/c1-24-15-17-33(18-16-24)31(35)28-23-27(13-14-29(28)38-2)39(36,37)34-21-19-32(20-22-34)30(25-9-5-3-6-10-25)26-11-7-4-8-12-26/h3-14,23-24,30H,15-22H2,1-2H3. The van der Waals surface area contributed by atoms with Crippen molar-refractivity contribution in [3.05, 3.63) is 95.6 Å². The van der Waals surface area contributed by atoms with Crippen LogP contribution in [-0.2, 0) is 10.0 Å². The van der Waals surface area contributed by atoms with Crippen LogP contribution in [0.2, 0.25) is 0 Å². The molecule has 6 nitrogen and oxygen atoms in total. The van der Waals surface area contributed by atoms with Crippen molar-refractivity contribution in [2.45, 2.75) is 35.6 Å². The molecule has 1 amide bonds. The first-order valence-electron chi connectivity index (χ1n) is 13.7. The number of sulfonamides is 1. The molecule has 0 bridgehead atoms. The number of rotatable bonds is 7. The second-order valence-corrected chi connectivity index (χ2v) is 13.3. The summed E-state index contributed by atoms with van der Waals surface area (Å²) in [6, 6.07) is 25.9. The minimum Gasteiger partial charge on any atom is -0.339 e. The van der Waals surface area contributed by atoms with Gasteiger partial charge in [-0.15, -0.1) is 11.8 Å². The molecule has 8 heteroatoms. The number of hydrogen-bond acceptors (Lipinski definition) is 5. The van der Waals surface area contributed by atoms with Crippen molar-refractivity contribution < 1.29 is 13.2 Å². The minimum atomic E-state index is -3.73. The second-order valence-electron chi connectivity index (χ2n) is 10.5. The Hall–Kier alpha value is -2.65. The fraction of sp³-hybridized carbons (Fsp3) is 0.387. The molecule has 3 aromatic rings. The van der Waals surface area contributed by atoms with Crippen LogP contribution in [0.25, 0.3) is 0 Å². The van der Waals surface area contributed by atoms with E-state index in [1.54, 1.807) is 22.5 Å². The highest BCUT2D eigenvalue weighted by atomic mass is 32.2. The van der Waals surface area contributed by atoms with Gasteiger partial charge in [0.25, 0.3) is 5.91 Å². The zero-order valence-electron chi connectivity index (χ0n) is 22.7. The number of benzene rings is 3. The molecule has 2 aliphatic rings. The summed E-state index contributed by atoms with van der Waals surface area (Å²) in [5, 5.41) is 0. The monoisotopic (exact) mass is 563 g/mol. The Balaban J connectivity index is 1.35. The van der Waals surface area contributed by atoms with Crippen LogP contribution >= 0.6 is 11.8 Å². The highest BCUT2D eigenvalue weighted by Gasteiger charge is 2.33. The number of carbonyl (C=O) groups excluding carboxylic acids is 1. The van der Waals surface area contributed by atoms with Gasteiger partial charge in [-0.05, 0) is 54.3 Å². The van der Waals surface area contributed by atoms with Crippen LogP contribution in [-0.4, -0.2) is 74.0 Å². The molecule has 0 N–H and O–H groups in total. The van der Waals surface area contributed by atoms with E-state index in [4.69, 9.17) is 0 Å². The Morgan fingerprint density at radius 3 is 1.92 bits per heavy atom. The van der Waals surface area contributed by atoms with Gasteiger partial charge in [0.15, 0.2) is 0 Å². The minimum absolute atomic E-state index is 0.0644. The molecule has 3 aromatic carbocycles. The van der Waals surface area contributed by atoms with E-state index < -0.39 is 10.0 Å². The third-order valence-corrected chi connectivity index (χ3v) is 10.7. The topological polar surface area (TPSA) is 60.9 Å². The molecule has 2 heterocycles. The van der Waals surface area contributed by atoms with Gasteiger partial charge in [-0.3, -0.25) is 9.69 Å². The van der Waals surface area contributed by atoms with Crippen LogP contribution in [0.1, 0.15) is 47.3 Å². The fourth-order valence-corrected chi connectivity index (χ4v) is 7.65. The van der Waals surface area contributed by atoms with E-state index in [-0.39, 0.29) is 16.8 Å². The summed E-state index contributed by atoms with van der Waals surface area (Å²) in [5.74, 6) is 0.546. The molecule has 0 radical (unpaired) electrons. The van der Waals surface area contributed by atoms with Crippen LogP contribution < -0.4 is 0 Å². The van der Waals surface area contributed by atoms with Gasteiger partial charge in [-0.25, -0.2) is 8.42 Å². The molecule has 0 saturated carbocycles. The van der Waals surface area contributed by atoms with Gasteiger partial charge in [-0.1, -0.05) is 67.6 Å². The van der Waals surface area contributed by atoms with Crippen molar-refractivity contribution >= 4 is 27.7 Å². The Morgan fingerprint density at radius 1 is 0.821 bits per heavy atom. The lowest BCUT2D eigenvalue weighted by atomic mass is 9.96. The molecule has 0 atom stereocenters. The van der Waals surface area contributed by atoms with Crippen LogP contribution in [0.5, 0.6) is 0 Å². The van der Waals surface area contributed by atoms with Crippen molar-refractivity contribution in [3.8, 4) is 0 Å². The molecule has 0 unspecified atom stereocenters. The van der Waals surface area contributed by atoms with Gasteiger partial charge in [0.2, 0.25) is 10.0 Å². The van der Waals surface area contributed by atoms with Gasteiger partial charge in [0.05, 0.1) is 16.5 Å². The molecule has 2 fully saturated rings. The second kappa shape index (κ2) is 12.3. The lowest BCUT2D eigenvalue weighted by Gasteiger charge is -2.39. The van der Waals surface area contributed by atoms with Crippen LogP contribution in [0.15, 0.2) is 88.7 Å². The fourth-order valence-electron chi connectivity index (χ4n) is 5.63. The number of amides is 1. The molecule has 206 valence electrons. The van der Waals surface area contributed by atoms with Crippen LogP contribution in [0.3, 0.4) is 0 Å². The molecule has 2 aliphatic heterocycles. The Bertz CT molecular complexity index is 1330. The highest BCUT2D eigenvalue weighted by Crippen LogP contribution is 2.32. The van der Waals surface area contributed by atoms with Crippen LogP contribution in [0, 0.1) is 5.92 Å². The number of nitrogens with zero attached hydrogens (tertiary/aromatic N) is 3. The van der Waals surface area contributed by atoms with Crippen molar-refractivity contribution in [2.24, 2.45) is 5.92 Å². The van der Waals surface area contributed by atoms with E-state index in [2.05, 4.69) is 36.1 Å².